The predicted octanol–water partition coefficient (Wildman–Crippen LogP) is 0.655. The summed E-state index contributed by atoms with van der Waals surface area (Å²) in [7, 11) is 0. The van der Waals surface area contributed by atoms with E-state index in [1.807, 2.05) is 0 Å². The summed E-state index contributed by atoms with van der Waals surface area (Å²) in [5.74, 6) is 0. The van der Waals surface area contributed by atoms with E-state index in [1.54, 1.807) is 11.6 Å². The summed E-state index contributed by atoms with van der Waals surface area (Å²) in [5, 5.41) is 17.0. The summed E-state index contributed by atoms with van der Waals surface area (Å²) >= 11 is 5.01. The second-order valence-corrected chi connectivity index (χ2v) is 3.74. The average molecular weight is 225 g/mol. The molecule has 0 spiro atoms. The van der Waals surface area contributed by atoms with Crippen molar-refractivity contribution in [2.75, 3.05) is 0 Å². The van der Waals surface area contributed by atoms with Gasteiger partial charge in [-0.15, -0.1) is 5.10 Å². The van der Waals surface area contributed by atoms with Gasteiger partial charge in [-0.3, -0.25) is 0 Å². The van der Waals surface area contributed by atoms with Crippen molar-refractivity contribution in [1.82, 2.24) is 25.0 Å². The van der Waals surface area contributed by atoms with E-state index >= 15 is 0 Å². The van der Waals surface area contributed by atoms with Gasteiger partial charge in [0.15, 0.2) is 15.8 Å². The van der Waals surface area contributed by atoms with E-state index in [-0.39, 0.29) is 6.10 Å². The first-order chi connectivity index (χ1) is 7.18. The number of aromatic nitrogens is 5. The lowest BCUT2D eigenvalue weighted by molar-refractivity contribution is 0.176. The molecule has 0 saturated heterocycles. The summed E-state index contributed by atoms with van der Waals surface area (Å²) in [5.41, 5.74) is 1.34. The number of aryl methyl sites for hydroxylation is 1. The van der Waals surface area contributed by atoms with E-state index in [2.05, 4.69) is 20.3 Å². The number of fused-ring (bicyclic) bond motifs is 1. The Balaban J connectivity index is 2.37. The van der Waals surface area contributed by atoms with Crippen LogP contribution in [0.25, 0.3) is 11.2 Å². The fourth-order valence-electron chi connectivity index (χ4n) is 1.28. The molecule has 0 amide bonds. The second kappa shape index (κ2) is 4.03. The van der Waals surface area contributed by atoms with Crippen molar-refractivity contribution in [1.29, 1.82) is 0 Å². The van der Waals surface area contributed by atoms with Gasteiger partial charge in [-0.25, -0.2) is 9.67 Å². The third kappa shape index (κ3) is 2.02. The van der Waals surface area contributed by atoms with Crippen molar-refractivity contribution in [2.24, 2.45) is 0 Å². The molecule has 1 unspecified atom stereocenters. The van der Waals surface area contributed by atoms with Gasteiger partial charge in [-0.2, -0.15) is 0 Å². The standard InChI is InChI=1S/C8H11N5OS/c1-5(14)2-3-13-7-6(11-12-13)8(15)10-4-9-7/h4-5,14H,2-3H2,1H3,(H,9,10,15). The third-order valence-corrected chi connectivity index (χ3v) is 2.38. The number of aliphatic hydroxyl groups is 1. The highest BCUT2D eigenvalue weighted by Crippen LogP contribution is 2.08. The maximum atomic E-state index is 9.17. The molecule has 1 atom stereocenters. The Morgan fingerprint density at radius 3 is 3.20 bits per heavy atom. The Bertz CT molecular complexity index is 517. The Morgan fingerprint density at radius 2 is 2.47 bits per heavy atom. The number of aliphatic hydroxyl groups excluding tert-OH is 1. The molecule has 2 N–H and O–H groups in total. The molecule has 2 heterocycles. The Hall–Kier alpha value is -1.34. The van der Waals surface area contributed by atoms with Crippen LogP contribution in [0.1, 0.15) is 13.3 Å². The minimum Gasteiger partial charge on any atom is -0.393 e. The van der Waals surface area contributed by atoms with Gasteiger partial charge in [0.1, 0.15) is 0 Å². The molecule has 0 saturated carbocycles. The van der Waals surface area contributed by atoms with Crippen molar-refractivity contribution in [3.63, 3.8) is 0 Å². The summed E-state index contributed by atoms with van der Waals surface area (Å²) in [6.07, 6.45) is 1.79. The van der Waals surface area contributed by atoms with Crippen LogP contribution in [0.3, 0.4) is 0 Å². The molecular formula is C8H11N5OS. The highest BCUT2D eigenvalue weighted by molar-refractivity contribution is 7.71. The van der Waals surface area contributed by atoms with Gasteiger partial charge in [-0.05, 0) is 13.3 Å². The zero-order valence-electron chi connectivity index (χ0n) is 8.21. The summed E-state index contributed by atoms with van der Waals surface area (Å²) in [6.45, 7) is 2.34. The zero-order valence-corrected chi connectivity index (χ0v) is 9.03. The molecule has 6 nitrogen and oxygen atoms in total. The molecule has 2 rings (SSSR count). The zero-order chi connectivity index (χ0) is 10.8. The van der Waals surface area contributed by atoms with Gasteiger partial charge in [0.25, 0.3) is 0 Å². The quantitative estimate of drug-likeness (QED) is 0.750. The molecule has 0 radical (unpaired) electrons. The molecule has 15 heavy (non-hydrogen) atoms. The van der Waals surface area contributed by atoms with E-state index in [4.69, 9.17) is 12.2 Å². The smallest absolute Gasteiger partial charge is 0.166 e. The first-order valence-corrected chi connectivity index (χ1v) is 5.04. The van der Waals surface area contributed by atoms with E-state index in [1.165, 1.54) is 6.33 Å². The van der Waals surface area contributed by atoms with Crippen molar-refractivity contribution < 1.29 is 5.11 Å². The Kier molecular flexibility index (Phi) is 2.74. The first kappa shape index (κ1) is 10.2. The second-order valence-electron chi connectivity index (χ2n) is 3.36. The lowest BCUT2D eigenvalue weighted by atomic mass is 10.3. The fraction of sp³-hybridized carbons (Fsp3) is 0.500. The van der Waals surface area contributed by atoms with Crippen LogP contribution in [-0.2, 0) is 6.54 Å². The van der Waals surface area contributed by atoms with Crippen LogP contribution in [0, 0.1) is 4.64 Å². The van der Waals surface area contributed by atoms with Gasteiger partial charge in [0, 0.05) is 6.54 Å². The van der Waals surface area contributed by atoms with Crippen LogP contribution in [-0.4, -0.2) is 36.2 Å². The predicted molar refractivity (Wildman–Crippen MR) is 56.8 cm³/mol. The normalized spacial score (nSPS) is 13.2. The number of hydrogen-bond acceptors (Lipinski definition) is 5. The maximum absolute atomic E-state index is 9.17. The third-order valence-electron chi connectivity index (χ3n) is 2.08. The van der Waals surface area contributed by atoms with Crippen molar-refractivity contribution in [2.45, 2.75) is 26.0 Å². The molecule has 0 aliphatic heterocycles. The SMILES string of the molecule is CC(O)CCn1nnc2c(=S)nc[nH]c21. The minimum atomic E-state index is -0.353. The van der Waals surface area contributed by atoms with Gasteiger partial charge in [-0.1, -0.05) is 17.4 Å². The van der Waals surface area contributed by atoms with Gasteiger partial charge >= 0.3 is 0 Å². The minimum absolute atomic E-state index is 0.353. The van der Waals surface area contributed by atoms with Crippen molar-refractivity contribution >= 4 is 23.4 Å². The summed E-state index contributed by atoms with van der Waals surface area (Å²) < 4.78 is 2.12. The van der Waals surface area contributed by atoms with E-state index in [9.17, 15) is 5.11 Å². The van der Waals surface area contributed by atoms with E-state index in [0.717, 1.165) is 5.65 Å². The van der Waals surface area contributed by atoms with Gasteiger partial charge < -0.3 is 10.1 Å². The number of nitrogens with zero attached hydrogens (tertiary/aromatic N) is 4. The molecule has 2 aromatic heterocycles. The van der Waals surface area contributed by atoms with Crippen molar-refractivity contribution in [3.05, 3.63) is 11.0 Å². The molecule has 0 aliphatic rings. The first-order valence-electron chi connectivity index (χ1n) is 4.63. The highest BCUT2D eigenvalue weighted by Gasteiger charge is 2.06. The highest BCUT2D eigenvalue weighted by atomic mass is 32.1. The molecule has 80 valence electrons. The molecule has 2 aromatic rings. The van der Waals surface area contributed by atoms with Gasteiger partial charge in [0.2, 0.25) is 0 Å². The Labute approximate surface area is 91.0 Å². The number of hydrogen-bond donors (Lipinski definition) is 2. The molecule has 7 heteroatoms. The van der Waals surface area contributed by atoms with E-state index < -0.39 is 0 Å². The number of aromatic amines is 1. The largest absolute Gasteiger partial charge is 0.393 e. The maximum Gasteiger partial charge on any atom is 0.166 e. The van der Waals surface area contributed by atoms with Crippen LogP contribution in [0.2, 0.25) is 0 Å². The molecule has 0 fully saturated rings. The molecule has 0 aromatic carbocycles. The average Bonchev–Trinajstić information content (AvgIpc) is 2.59. The molecular weight excluding hydrogens is 214 g/mol. The lowest BCUT2D eigenvalue weighted by Crippen LogP contribution is -2.08. The van der Waals surface area contributed by atoms with E-state index in [0.29, 0.717) is 23.1 Å². The summed E-state index contributed by atoms with van der Waals surface area (Å²) in [4.78, 5) is 6.85. The Morgan fingerprint density at radius 1 is 1.67 bits per heavy atom. The number of rotatable bonds is 3. The molecule has 0 aliphatic carbocycles. The lowest BCUT2D eigenvalue weighted by Gasteiger charge is -2.03. The van der Waals surface area contributed by atoms with Crippen LogP contribution in [0.15, 0.2) is 6.33 Å². The monoisotopic (exact) mass is 225 g/mol. The van der Waals surface area contributed by atoms with Gasteiger partial charge in [0.05, 0.1) is 12.4 Å². The fourth-order valence-corrected chi connectivity index (χ4v) is 1.47. The van der Waals surface area contributed by atoms with Crippen LogP contribution >= 0.6 is 12.2 Å². The van der Waals surface area contributed by atoms with Crippen LogP contribution < -0.4 is 0 Å². The molecule has 0 bridgehead atoms. The topological polar surface area (TPSA) is 79.6 Å². The summed E-state index contributed by atoms with van der Waals surface area (Å²) in [6, 6.07) is 0. The number of H-pyrrole nitrogens is 1. The van der Waals surface area contributed by atoms with Crippen molar-refractivity contribution in [3.8, 4) is 0 Å². The number of nitrogens with one attached hydrogen (secondary N) is 1. The van der Waals surface area contributed by atoms with Crippen LogP contribution in [0.5, 0.6) is 0 Å². The van der Waals surface area contributed by atoms with Crippen LogP contribution in [0.4, 0.5) is 0 Å².